The van der Waals surface area contributed by atoms with Gasteiger partial charge >= 0.3 is 11.8 Å². The minimum absolute atomic E-state index is 0.148. The maximum Gasteiger partial charge on any atom is 0.314 e. The summed E-state index contributed by atoms with van der Waals surface area (Å²) in [6.07, 6.45) is 5.33. The van der Waals surface area contributed by atoms with Crippen LogP contribution in [-0.4, -0.2) is 66.7 Å². The van der Waals surface area contributed by atoms with E-state index in [1.54, 1.807) is 17.4 Å². The molecule has 10 nitrogen and oxygen atoms in total. The maximum absolute atomic E-state index is 12.5. The van der Waals surface area contributed by atoms with Gasteiger partial charge in [-0.05, 0) is 36.3 Å². The molecule has 1 aliphatic heterocycles. The van der Waals surface area contributed by atoms with E-state index in [9.17, 15) is 19.2 Å². The number of rotatable bonds is 7. The summed E-state index contributed by atoms with van der Waals surface area (Å²) in [7, 11) is 3.06. The second kappa shape index (κ2) is 11.7. The molecule has 0 saturated carbocycles. The Balaban J connectivity index is 1.56. The summed E-state index contributed by atoms with van der Waals surface area (Å²) in [4.78, 5) is 56.6. The number of anilines is 1. The summed E-state index contributed by atoms with van der Waals surface area (Å²) in [5, 5.41) is 11.0. The van der Waals surface area contributed by atoms with Gasteiger partial charge in [-0.3, -0.25) is 19.2 Å². The van der Waals surface area contributed by atoms with Gasteiger partial charge in [0.15, 0.2) is 0 Å². The highest BCUT2D eigenvalue weighted by Crippen LogP contribution is 2.26. The molecule has 180 valence electrons. The van der Waals surface area contributed by atoms with Gasteiger partial charge in [0.05, 0.1) is 5.02 Å². The number of nitrogens with one attached hydrogen (secondary N) is 4. The molecular weight excluding hydrogens is 480 g/mol. The molecule has 0 saturated heterocycles. The molecular formula is C22H25ClN6O4S. The van der Waals surface area contributed by atoms with Crippen LogP contribution in [0.25, 0.3) is 6.08 Å². The third-order valence-electron chi connectivity index (χ3n) is 4.86. The quantitative estimate of drug-likeness (QED) is 0.325. The lowest BCUT2D eigenvalue weighted by molar-refractivity contribution is -0.137. The number of aromatic nitrogens is 1. The normalized spacial score (nSPS) is 13.6. The summed E-state index contributed by atoms with van der Waals surface area (Å²) in [6, 6.07) is 3.93. The number of halogens is 1. The fourth-order valence-electron chi connectivity index (χ4n) is 3.15. The molecule has 2 aromatic heterocycles. The molecule has 4 amide bonds. The van der Waals surface area contributed by atoms with E-state index in [4.69, 9.17) is 11.6 Å². The highest BCUT2D eigenvalue weighted by atomic mass is 35.5. The second-order valence-corrected chi connectivity index (χ2v) is 9.28. The average Bonchev–Trinajstić information content (AvgIpc) is 3.24. The third kappa shape index (κ3) is 7.11. The fourth-order valence-corrected chi connectivity index (χ4v) is 4.34. The van der Waals surface area contributed by atoms with Crippen molar-refractivity contribution >= 4 is 58.5 Å². The van der Waals surface area contributed by atoms with Gasteiger partial charge < -0.3 is 26.2 Å². The number of thiophene rings is 1. The van der Waals surface area contributed by atoms with Crippen molar-refractivity contribution in [3.8, 4) is 0 Å². The van der Waals surface area contributed by atoms with Gasteiger partial charge in [0, 0.05) is 55.8 Å². The Bertz CT molecular complexity index is 1080. The molecule has 0 radical (unpaired) electrons. The SMILES string of the molecule is CN(C)C(=O)C(CNC(=O)C(=O)Nc1ccc(Cl)cn1)NC(=O)C=Cc1cc2c(s1)CCNC2. The lowest BCUT2D eigenvalue weighted by Gasteiger charge is -2.21. The van der Waals surface area contributed by atoms with Crippen LogP contribution in [0.4, 0.5) is 5.82 Å². The van der Waals surface area contributed by atoms with E-state index in [1.165, 1.54) is 53.8 Å². The van der Waals surface area contributed by atoms with E-state index < -0.39 is 29.7 Å². The first-order valence-electron chi connectivity index (χ1n) is 10.5. The number of carbonyl (C=O) groups excluding carboxylic acids is 4. The number of amides is 4. The van der Waals surface area contributed by atoms with Crippen LogP contribution in [0.15, 0.2) is 30.5 Å². The molecule has 1 atom stereocenters. The zero-order valence-corrected chi connectivity index (χ0v) is 20.3. The van der Waals surface area contributed by atoms with Crippen LogP contribution in [0.3, 0.4) is 0 Å². The summed E-state index contributed by atoms with van der Waals surface area (Å²) in [5.74, 6) is -2.72. The molecule has 0 fully saturated rings. The molecule has 34 heavy (non-hydrogen) atoms. The van der Waals surface area contributed by atoms with Gasteiger partial charge in [-0.1, -0.05) is 11.6 Å². The first-order valence-corrected chi connectivity index (χ1v) is 11.6. The molecule has 0 aliphatic carbocycles. The summed E-state index contributed by atoms with van der Waals surface area (Å²) >= 11 is 7.37. The van der Waals surface area contributed by atoms with E-state index in [1.807, 2.05) is 6.07 Å². The highest BCUT2D eigenvalue weighted by Gasteiger charge is 2.24. The fraction of sp³-hybridized carbons (Fsp3) is 0.318. The van der Waals surface area contributed by atoms with Gasteiger partial charge in [0.2, 0.25) is 11.8 Å². The van der Waals surface area contributed by atoms with Crippen LogP contribution < -0.4 is 21.3 Å². The number of pyridine rings is 1. The maximum atomic E-state index is 12.5. The molecule has 2 aromatic rings. The molecule has 4 N–H and O–H groups in total. The van der Waals surface area contributed by atoms with E-state index in [-0.39, 0.29) is 12.4 Å². The van der Waals surface area contributed by atoms with Crippen LogP contribution in [0.1, 0.15) is 15.3 Å². The number of hydrogen-bond acceptors (Lipinski definition) is 7. The number of nitrogens with zero attached hydrogens (tertiary/aromatic N) is 2. The van der Waals surface area contributed by atoms with Crippen molar-refractivity contribution in [2.75, 3.05) is 32.5 Å². The van der Waals surface area contributed by atoms with Crippen LogP contribution in [0.5, 0.6) is 0 Å². The molecule has 3 heterocycles. The van der Waals surface area contributed by atoms with Gasteiger partial charge in [-0.2, -0.15) is 0 Å². The lowest BCUT2D eigenvalue weighted by Crippen LogP contribution is -2.53. The van der Waals surface area contributed by atoms with Crippen molar-refractivity contribution in [2.24, 2.45) is 0 Å². The number of hydrogen-bond donors (Lipinski definition) is 4. The van der Waals surface area contributed by atoms with Gasteiger partial charge in [0.25, 0.3) is 0 Å². The van der Waals surface area contributed by atoms with Crippen LogP contribution >= 0.6 is 22.9 Å². The summed E-state index contributed by atoms with van der Waals surface area (Å²) in [6.45, 7) is 1.48. The molecule has 0 bridgehead atoms. The van der Waals surface area contributed by atoms with Crippen molar-refractivity contribution in [3.63, 3.8) is 0 Å². The average molecular weight is 505 g/mol. The Kier molecular flexibility index (Phi) is 8.74. The minimum atomic E-state index is -1.06. The minimum Gasteiger partial charge on any atom is -0.347 e. The summed E-state index contributed by atoms with van der Waals surface area (Å²) in [5.41, 5.74) is 1.23. The Morgan fingerprint density at radius 2 is 2.06 bits per heavy atom. The van der Waals surface area contributed by atoms with Crippen LogP contribution in [-0.2, 0) is 32.1 Å². The van der Waals surface area contributed by atoms with Crippen molar-refractivity contribution in [1.82, 2.24) is 25.8 Å². The Morgan fingerprint density at radius 3 is 2.74 bits per heavy atom. The zero-order valence-electron chi connectivity index (χ0n) is 18.7. The second-order valence-electron chi connectivity index (χ2n) is 7.68. The predicted molar refractivity (Wildman–Crippen MR) is 130 cm³/mol. The van der Waals surface area contributed by atoms with Crippen molar-refractivity contribution < 1.29 is 19.2 Å². The lowest BCUT2D eigenvalue weighted by atomic mass is 10.1. The van der Waals surface area contributed by atoms with Crippen molar-refractivity contribution in [3.05, 3.63) is 50.8 Å². The molecule has 0 aromatic carbocycles. The third-order valence-corrected chi connectivity index (χ3v) is 6.28. The number of likely N-dealkylation sites (N-methyl/N-ethyl adjacent to an activating group) is 1. The van der Waals surface area contributed by atoms with E-state index in [0.29, 0.717) is 5.02 Å². The highest BCUT2D eigenvalue weighted by molar-refractivity contribution is 7.13. The van der Waals surface area contributed by atoms with E-state index in [0.717, 1.165) is 24.4 Å². The first-order chi connectivity index (χ1) is 16.2. The topological polar surface area (TPSA) is 133 Å². The first kappa shape index (κ1) is 25.3. The monoisotopic (exact) mass is 504 g/mol. The predicted octanol–water partition coefficient (Wildman–Crippen LogP) is 0.783. The molecule has 1 unspecified atom stereocenters. The van der Waals surface area contributed by atoms with Crippen molar-refractivity contribution in [2.45, 2.75) is 19.0 Å². The van der Waals surface area contributed by atoms with Gasteiger partial charge in [-0.15, -0.1) is 11.3 Å². The standard InChI is InChI=1S/C22H25ClN6O4S/c1-29(2)22(33)16(12-26-20(31)21(32)28-18-5-3-14(23)11-25-18)27-19(30)6-4-15-9-13-10-24-8-7-17(13)34-15/h3-6,9,11,16,24H,7-8,10,12H2,1-2H3,(H,26,31)(H,27,30)(H,25,28,32). The van der Waals surface area contributed by atoms with E-state index >= 15 is 0 Å². The zero-order chi connectivity index (χ0) is 24.7. The van der Waals surface area contributed by atoms with Crippen LogP contribution in [0, 0.1) is 0 Å². The summed E-state index contributed by atoms with van der Waals surface area (Å²) < 4.78 is 0. The van der Waals surface area contributed by atoms with Gasteiger partial charge in [-0.25, -0.2) is 4.98 Å². The largest absolute Gasteiger partial charge is 0.347 e. The van der Waals surface area contributed by atoms with E-state index in [2.05, 4.69) is 26.3 Å². The molecule has 12 heteroatoms. The molecule has 0 spiro atoms. The Hall–Kier alpha value is -3.28. The Labute approximate surface area is 205 Å². The number of carbonyl (C=O) groups is 4. The molecule has 3 rings (SSSR count). The smallest absolute Gasteiger partial charge is 0.314 e. The van der Waals surface area contributed by atoms with Crippen molar-refractivity contribution in [1.29, 1.82) is 0 Å². The van der Waals surface area contributed by atoms with Crippen LogP contribution in [0.2, 0.25) is 5.02 Å². The van der Waals surface area contributed by atoms with Gasteiger partial charge in [0.1, 0.15) is 11.9 Å². The Morgan fingerprint density at radius 1 is 1.26 bits per heavy atom. The number of fused-ring (bicyclic) bond motifs is 1. The molecule has 1 aliphatic rings.